The second-order valence-electron chi connectivity index (χ2n) is 4.90. The van der Waals surface area contributed by atoms with E-state index in [1.165, 1.54) is 37.2 Å². The van der Waals surface area contributed by atoms with Crippen LogP contribution in [0, 0.1) is 0 Å². The summed E-state index contributed by atoms with van der Waals surface area (Å²) in [4.78, 5) is 7.90. The first-order valence-electron chi connectivity index (χ1n) is 6.73. The van der Waals surface area contributed by atoms with E-state index in [9.17, 15) is 0 Å². The Hall–Kier alpha value is -1.13. The van der Waals surface area contributed by atoms with Crippen molar-refractivity contribution < 1.29 is 0 Å². The fraction of sp³-hybridized carbons (Fsp3) is 0.500. The van der Waals surface area contributed by atoms with Crippen molar-refractivity contribution in [3.8, 4) is 11.4 Å². The fourth-order valence-electron chi connectivity index (χ4n) is 2.51. The molecule has 1 unspecified atom stereocenters. The summed E-state index contributed by atoms with van der Waals surface area (Å²) in [6.07, 6.45) is 8.31. The molecule has 1 aliphatic rings. The van der Waals surface area contributed by atoms with Crippen LogP contribution in [0.25, 0.3) is 11.4 Å². The molecule has 96 valence electrons. The first-order chi connectivity index (χ1) is 8.92. The Bertz CT molecular complexity index is 469. The molecule has 18 heavy (non-hydrogen) atoms. The van der Waals surface area contributed by atoms with E-state index in [-0.39, 0.29) is 0 Å². The monoisotopic (exact) mass is 261 g/mol. The smallest absolute Gasteiger partial charge is 0.0976 e. The molecule has 0 aromatic carbocycles. The Labute approximate surface area is 112 Å². The molecule has 1 saturated heterocycles. The van der Waals surface area contributed by atoms with Gasteiger partial charge in [-0.3, -0.25) is 0 Å². The summed E-state index contributed by atoms with van der Waals surface area (Å²) in [6, 6.07) is 4.79. The van der Waals surface area contributed by atoms with Crippen LogP contribution in [0.2, 0.25) is 0 Å². The number of thiazole rings is 1. The van der Waals surface area contributed by atoms with E-state index in [0.29, 0.717) is 6.04 Å². The standard InChI is InChI=1S/C14H19N3S/c1-2-8-15-11(4-1)6-7-14-17-13(10-18-14)12-5-3-9-16-12/h3,5,9-11,15-16H,1-2,4,6-8H2. The summed E-state index contributed by atoms with van der Waals surface area (Å²) in [5, 5.41) is 7.00. The molecule has 4 heteroatoms. The molecular weight excluding hydrogens is 242 g/mol. The third-order valence-electron chi connectivity index (χ3n) is 3.54. The van der Waals surface area contributed by atoms with E-state index in [1.54, 1.807) is 11.3 Å². The highest BCUT2D eigenvalue weighted by atomic mass is 32.1. The minimum atomic E-state index is 0.705. The number of piperidine rings is 1. The topological polar surface area (TPSA) is 40.7 Å². The van der Waals surface area contributed by atoms with Gasteiger partial charge in [-0.1, -0.05) is 6.42 Å². The second kappa shape index (κ2) is 5.67. The number of aryl methyl sites for hydroxylation is 1. The highest BCUT2D eigenvalue weighted by Gasteiger charge is 2.13. The SMILES string of the molecule is c1c[nH]c(-c2csc(CCC3CCCCN3)n2)c1. The van der Waals surface area contributed by atoms with Crippen molar-refractivity contribution in [2.45, 2.75) is 38.1 Å². The summed E-state index contributed by atoms with van der Waals surface area (Å²) in [5.41, 5.74) is 2.20. The quantitative estimate of drug-likeness (QED) is 0.887. The molecule has 2 aromatic rings. The minimum absolute atomic E-state index is 0.705. The third-order valence-corrected chi connectivity index (χ3v) is 4.45. The van der Waals surface area contributed by atoms with Crippen molar-refractivity contribution >= 4 is 11.3 Å². The summed E-state index contributed by atoms with van der Waals surface area (Å²) < 4.78 is 0. The average Bonchev–Trinajstić information content (AvgIpc) is 3.08. The molecule has 1 fully saturated rings. The summed E-state index contributed by atoms with van der Waals surface area (Å²) in [7, 11) is 0. The van der Waals surface area contributed by atoms with E-state index in [2.05, 4.69) is 21.7 Å². The van der Waals surface area contributed by atoms with Crippen LogP contribution in [0.3, 0.4) is 0 Å². The average molecular weight is 261 g/mol. The third kappa shape index (κ3) is 2.82. The van der Waals surface area contributed by atoms with Gasteiger partial charge in [-0.05, 0) is 37.9 Å². The van der Waals surface area contributed by atoms with E-state index in [0.717, 1.165) is 17.8 Å². The van der Waals surface area contributed by atoms with Crippen molar-refractivity contribution in [2.24, 2.45) is 0 Å². The van der Waals surface area contributed by atoms with E-state index >= 15 is 0 Å². The summed E-state index contributed by atoms with van der Waals surface area (Å²) >= 11 is 1.78. The summed E-state index contributed by atoms with van der Waals surface area (Å²) in [6.45, 7) is 1.19. The number of hydrogen-bond donors (Lipinski definition) is 2. The number of rotatable bonds is 4. The summed E-state index contributed by atoms with van der Waals surface area (Å²) in [5.74, 6) is 0. The van der Waals surface area contributed by atoms with Crippen molar-refractivity contribution in [3.05, 3.63) is 28.7 Å². The van der Waals surface area contributed by atoms with Gasteiger partial charge in [-0.2, -0.15) is 0 Å². The molecule has 0 spiro atoms. The highest BCUT2D eigenvalue weighted by Crippen LogP contribution is 2.22. The Kier molecular flexibility index (Phi) is 3.76. The second-order valence-corrected chi connectivity index (χ2v) is 5.84. The van der Waals surface area contributed by atoms with Crippen LogP contribution in [0.5, 0.6) is 0 Å². The van der Waals surface area contributed by atoms with Gasteiger partial charge in [0, 0.05) is 24.0 Å². The van der Waals surface area contributed by atoms with Gasteiger partial charge in [0.2, 0.25) is 0 Å². The number of nitrogens with one attached hydrogen (secondary N) is 2. The van der Waals surface area contributed by atoms with Gasteiger partial charge in [-0.25, -0.2) is 4.98 Å². The molecule has 0 bridgehead atoms. The van der Waals surface area contributed by atoms with E-state index in [4.69, 9.17) is 4.98 Å². The lowest BCUT2D eigenvalue weighted by Crippen LogP contribution is -2.34. The van der Waals surface area contributed by atoms with Crippen LogP contribution in [0.1, 0.15) is 30.7 Å². The molecule has 1 aliphatic heterocycles. The van der Waals surface area contributed by atoms with Crippen molar-refractivity contribution in [2.75, 3.05) is 6.54 Å². The minimum Gasteiger partial charge on any atom is -0.360 e. The Morgan fingerprint density at radius 2 is 2.39 bits per heavy atom. The van der Waals surface area contributed by atoms with Crippen LogP contribution in [0.15, 0.2) is 23.7 Å². The van der Waals surface area contributed by atoms with Gasteiger partial charge in [0.05, 0.1) is 16.4 Å². The lowest BCUT2D eigenvalue weighted by Gasteiger charge is -2.22. The lowest BCUT2D eigenvalue weighted by molar-refractivity contribution is 0.382. The van der Waals surface area contributed by atoms with Gasteiger partial charge in [0.1, 0.15) is 0 Å². The lowest BCUT2D eigenvalue weighted by atomic mass is 10.0. The van der Waals surface area contributed by atoms with Gasteiger partial charge < -0.3 is 10.3 Å². The molecule has 2 N–H and O–H groups in total. The normalized spacial score (nSPS) is 20.1. The maximum Gasteiger partial charge on any atom is 0.0976 e. The molecule has 3 nitrogen and oxygen atoms in total. The van der Waals surface area contributed by atoms with E-state index < -0.39 is 0 Å². The number of hydrogen-bond acceptors (Lipinski definition) is 3. The zero-order chi connectivity index (χ0) is 12.2. The molecule has 0 radical (unpaired) electrons. The van der Waals surface area contributed by atoms with Crippen LogP contribution in [-0.4, -0.2) is 22.6 Å². The molecule has 2 aromatic heterocycles. The first kappa shape index (κ1) is 11.9. The van der Waals surface area contributed by atoms with Crippen molar-refractivity contribution in [1.82, 2.24) is 15.3 Å². The zero-order valence-electron chi connectivity index (χ0n) is 10.5. The fourth-order valence-corrected chi connectivity index (χ4v) is 3.32. The molecule has 0 aliphatic carbocycles. The number of nitrogens with zero attached hydrogens (tertiary/aromatic N) is 1. The predicted molar refractivity (Wildman–Crippen MR) is 75.9 cm³/mol. The van der Waals surface area contributed by atoms with Gasteiger partial charge in [0.25, 0.3) is 0 Å². The van der Waals surface area contributed by atoms with Gasteiger partial charge >= 0.3 is 0 Å². The van der Waals surface area contributed by atoms with Crippen LogP contribution in [-0.2, 0) is 6.42 Å². The molecule has 0 amide bonds. The molecular formula is C14H19N3S. The molecule has 1 atom stereocenters. The Morgan fingerprint density at radius 1 is 1.39 bits per heavy atom. The number of aromatic amines is 1. The molecule has 0 saturated carbocycles. The Balaban J connectivity index is 1.57. The van der Waals surface area contributed by atoms with Crippen LogP contribution >= 0.6 is 11.3 Å². The maximum absolute atomic E-state index is 4.70. The predicted octanol–water partition coefficient (Wildman–Crippen LogP) is 3.21. The zero-order valence-corrected chi connectivity index (χ0v) is 11.3. The maximum atomic E-state index is 4.70. The molecule has 3 heterocycles. The first-order valence-corrected chi connectivity index (χ1v) is 7.61. The van der Waals surface area contributed by atoms with Gasteiger partial charge in [0.15, 0.2) is 0 Å². The van der Waals surface area contributed by atoms with Crippen molar-refractivity contribution in [1.29, 1.82) is 0 Å². The number of H-pyrrole nitrogens is 1. The van der Waals surface area contributed by atoms with Crippen molar-refractivity contribution in [3.63, 3.8) is 0 Å². The number of aromatic nitrogens is 2. The highest BCUT2D eigenvalue weighted by molar-refractivity contribution is 7.09. The van der Waals surface area contributed by atoms with E-state index in [1.807, 2.05) is 12.3 Å². The molecule has 3 rings (SSSR count). The van der Waals surface area contributed by atoms with Gasteiger partial charge in [-0.15, -0.1) is 11.3 Å². The Morgan fingerprint density at radius 3 is 3.17 bits per heavy atom. The van der Waals surface area contributed by atoms with Crippen LogP contribution < -0.4 is 5.32 Å². The van der Waals surface area contributed by atoms with Crippen LogP contribution in [0.4, 0.5) is 0 Å². The largest absolute Gasteiger partial charge is 0.360 e.